The fraction of sp³-hybridized carbons (Fsp3) is 0.889. The Morgan fingerprint density at radius 2 is 2.42 bits per heavy atom. The summed E-state index contributed by atoms with van der Waals surface area (Å²) in [6.45, 7) is 0. The molecule has 2 fully saturated rings. The molecular formula is C9H12ClNO. The van der Waals surface area contributed by atoms with E-state index in [1.54, 1.807) is 0 Å². The van der Waals surface area contributed by atoms with Crippen LogP contribution in [0.5, 0.6) is 0 Å². The molecule has 0 radical (unpaired) electrons. The molecule has 0 aromatic heterocycles. The zero-order chi connectivity index (χ0) is 8.60. The first-order chi connectivity index (χ1) is 5.80. The van der Waals surface area contributed by atoms with Crippen molar-refractivity contribution in [1.29, 1.82) is 5.26 Å². The van der Waals surface area contributed by atoms with Crippen LogP contribution in [-0.4, -0.2) is 18.1 Å². The van der Waals surface area contributed by atoms with Crippen LogP contribution in [0.1, 0.15) is 25.7 Å². The molecule has 2 aliphatic heterocycles. The van der Waals surface area contributed by atoms with Gasteiger partial charge in [-0.2, -0.15) is 5.26 Å². The number of nitrogens with zero attached hydrogens (tertiary/aromatic N) is 1. The first-order valence-electron chi connectivity index (χ1n) is 4.43. The van der Waals surface area contributed by atoms with Gasteiger partial charge >= 0.3 is 0 Å². The Kier molecular flexibility index (Phi) is 2.02. The molecule has 0 spiro atoms. The van der Waals surface area contributed by atoms with Crippen LogP contribution in [0.3, 0.4) is 0 Å². The quantitative estimate of drug-likeness (QED) is 0.618. The molecule has 0 N–H and O–H groups in total. The lowest BCUT2D eigenvalue weighted by molar-refractivity contribution is 0.0779. The number of hydrogen-bond acceptors (Lipinski definition) is 2. The molecule has 0 saturated carbocycles. The van der Waals surface area contributed by atoms with Gasteiger partial charge in [0.25, 0.3) is 0 Å². The van der Waals surface area contributed by atoms with Crippen LogP contribution in [0.25, 0.3) is 0 Å². The van der Waals surface area contributed by atoms with Crippen molar-refractivity contribution in [3.05, 3.63) is 0 Å². The second-order valence-electron chi connectivity index (χ2n) is 3.74. The van der Waals surface area contributed by atoms with Gasteiger partial charge in [-0.15, -0.1) is 11.6 Å². The topological polar surface area (TPSA) is 33.0 Å². The normalized spacial score (nSPS) is 44.7. The number of nitriles is 1. The maximum absolute atomic E-state index is 9.08. The van der Waals surface area contributed by atoms with Crippen molar-refractivity contribution in [2.24, 2.45) is 5.41 Å². The molecule has 2 bridgehead atoms. The Morgan fingerprint density at radius 3 is 2.83 bits per heavy atom. The van der Waals surface area contributed by atoms with Gasteiger partial charge in [-0.1, -0.05) is 0 Å². The summed E-state index contributed by atoms with van der Waals surface area (Å²) in [6, 6.07) is 2.40. The Hall–Kier alpha value is -0.260. The second-order valence-corrected chi connectivity index (χ2v) is 4.11. The van der Waals surface area contributed by atoms with Crippen molar-refractivity contribution < 1.29 is 4.74 Å². The standard InChI is InChI=1S/C9H12ClNO/c10-4-3-9(6-11)5-7-1-2-8(9)12-7/h7-8H,1-5H2. The summed E-state index contributed by atoms with van der Waals surface area (Å²) in [5.74, 6) is 0.570. The maximum atomic E-state index is 9.08. The summed E-state index contributed by atoms with van der Waals surface area (Å²) in [5, 5.41) is 9.08. The van der Waals surface area contributed by atoms with Crippen LogP contribution in [0.2, 0.25) is 0 Å². The Morgan fingerprint density at radius 1 is 1.58 bits per heavy atom. The van der Waals surface area contributed by atoms with Crippen LogP contribution in [0.15, 0.2) is 0 Å². The summed E-state index contributed by atoms with van der Waals surface area (Å²) >= 11 is 5.68. The number of fused-ring (bicyclic) bond motifs is 2. The van der Waals surface area contributed by atoms with E-state index < -0.39 is 0 Å². The third-order valence-corrected chi connectivity index (χ3v) is 3.27. The number of halogens is 1. The molecule has 0 aromatic rings. The second kappa shape index (κ2) is 2.90. The number of hydrogen-bond donors (Lipinski definition) is 0. The third-order valence-electron chi connectivity index (χ3n) is 3.08. The molecule has 2 aliphatic rings. The molecule has 2 saturated heterocycles. The van der Waals surface area contributed by atoms with Crippen molar-refractivity contribution in [3.63, 3.8) is 0 Å². The van der Waals surface area contributed by atoms with Crippen LogP contribution < -0.4 is 0 Å². The van der Waals surface area contributed by atoms with E-state index in [2.05, 4.69) is 6.07 Å². The van der Waals surface area contributed by atoms with Crippen molar-refractivity contribution >= 4 is 11.6 Å². The highest BCUT2D eigenvalue weighted by Crippen LogP contribution is 2.49. The minimum atomic E-state index is -0.245. The number of ether oxygens (including phenoxy) is 1. The van der Waals surface area contributed by atoms with Crippen molar-refractivity contribution in [3.8, 4) is 6.07 Å². The van der Waals surface area contributed by atoms with Crippen LogP contribution >= 0.6 is 11.6 Å². The summed E-state index contributed by atoms with van der Waals surface area (Å²) in [7, 11) is 0. The van der Waals surface area contributed by atoms with Gasteiger partial charge < -0.3 is 4.74 Å². The van der Waals surface area contributed by atoms with E-state index in [1.807, 2.05) is 0 Å². The van der Waals surface area contributed by atoms with E-state index in [0.717, 1.165) is 25.7 Å². The van der Waals surface area contributed by atoms with Crippen molar-refractivity contribution in [1.82, 2.24) is 0 Å². The van der Waals surface area contributed by atoms with Gasteiger partial charge in [0.1, 0.15) is 0 Å². The van der Waals surface area contributed by atoms with Crippen LogP contribution in [0.4, 0.5) is 0 Å². The summed E-state index contributed by atoms with van der Waals surface area (Å²) < 4.78 is 5.65. The zero-order valence-corrected chi connectivity index (χ0v) is 7.68. The highest BCUT2D eigenvalue weighted by atomic mass is 35.5. The number of rotatable bonds is 2. The highest BCUT2D eigenvalue weighted by molar-refractivity contribution is 6.17. The van der Waals surface area contributed by atoms with E-state index in [1.165, 1.54) is 0 Å². The first-order valence-corrected chi connectivity index (χ1v) is 4.97. The molecule has 2 heterocycles. The summed E-state index contributed by atoms with van der Waals surface area (Å²) in [4.78, 5) is 0. The lowest BCUT2D eigenvalue weighted by atomic mass is 9.73. The average Bonchev–Trinajstić information content (AvgIpc) is 2.64. The molecule has 3 unspecified atom stereocenters. The van der Waals surface area contributed by atoms with Gasteiger partial charge in [0, 0.05) is 5.88 Å². The minimum Gasteiger partial charge on any atom is -0.373 e. The van der Waals surface area contributed by atoms with E-state index in [-0.39, 0.29) is 11.5 Å². The van der Waals surface area contributed by atoms with E-state index in [4.69, 9.17) is 21.6 Å². The first kappa shape index (κ1) is 8.34. The maximum Gasteiger partial charge on any atom is 0.0871 e. The minimum absolute atomic E-state index is 0.172. The fourth-order valence-corrected chi connectivity index (χ4v) is 2.74. The summed E-state index contributed by atoms with van der Waals surface area (Å²) in [5.41, 5.74) is -0.245. The predicted molar refractivity (Wildman–Crippen MR) is 45.9 cm³/mol. The smallest absolute Gasteiger partial charge is 0.0871 e. The number of alkyl halides is 1. The molecule has 3 heteroatoms. The third kappa shape index (κ3) is 1.04. The molecular weight excluding hydrogens is 174 g/mol. The molecule has 0 aliphatic carbocycles. The Bertz CT molecular complexity index is 225. The monoisotopic (exact) mass is 185 g/mol. The van der Waals surface area contributed by atoms with Gasteiger partial charge in [0.05, 0.1) is 23.7 Å². The van der Waals surface area contributed by atoms with E-state index >= 15 is 0 Å². The largest absolute Gasteiger partial charge is 0.373 e. The average molecular weight is 186 g/mol. The molecule has 2 nitrogen and oxygen atoms in total. The summed E-state index contributed by atoms with van der Waals surface area (Å²) in [6.07, 6.45) is 4.39. The van der Waals surface area contributed by atoms with Gasteiger partial charge in [0.15, 0.2) is 0 Å². The van der Waals surface area contributed by atoms with Crippen LogP contribution in [-0.2, 0) is 4.74 Å². The van der Waals surface area contributed by atoms with Gasteiger partial charge in [-0.25, -0.2) is 0 Å². The predicted octanol–water partition coefficient (Wildman–Crippen LogP) is 2.08. The lowest BCUT2D eigenvalue weighted by Gasteiger charge is -2.26. The fourth-order valence-electron chi connectivity index (χ4n) is 2.41. The SMILES string of the molecule is N#CC1(CCCl)CC2CCC1O2. The van der Waals surface area contributed by atoms with Crippen molar-refractivity contribution in [2.45, 2.75) is 37.9 Å². The molecule has 0 amide bonds. The molecule has 0 aromatic carbocycles. The Labute approximate surface area is 77.5 Å². The lowest BCUT2D eigenvalue weighted by Crippen LogP contribution is -2.31. The van der Waals surface area contributed by atoms with Crippen LogP contribution in [0, 0.1) is 16.7 Å². The molecule has 66 valence electrons. The van der Waals surface area contributed by atoms with Gasteiger partial charge in [0.2, 0.25) is 0 Å². The van der Waals surface area contributed by atoms with Gasteiger partial charge in [-0.3, -0.25) is 0 Å². The zero-order valence-electron chi connectivity index (χ0n) is 6.92. The van der Waals surface area contributed by atoms with Gasteiger partial charge in [-0.05, 0) is 25.7 Å². The molecule has 3 atom stereocenters. The van der Waals surface area contributed by atoms with E-state index in [0.29, 0.717) is 12.0 Å². The molecule has 2 rings (SSSR count). The molecule has 12 heavy (non-hydrogen) atoms. The van der Waals surface area contributed by atoms with E-state index in [9.17, 15) is 0 Å². The Balaban J connectivity index is 2.15. The highest BCUT2D eigenvalue weighted by Gasteiger charge is 2.52. The van der Waals surface area contributed by atoms with Crippen molar-refractivity contribution in [2.75, 3.05) is 5.88 Å².